The third-order valence-corrected chi connectivity index (χ3v) is 5.68. The van der Waals surface area contributed by atoms with Crippen LogP contribution in [-0.4, -0.2) is 47.8 Å². The predicted octanol–water partition coefficient (Wildman–Crippen LogP) is 3.96. The van der Waals surface area contributed by atoms with Gasteiger partial charge in [0.1, 0.15) is 5.84 Å². The minimum absolute atomic E-state index is 0. The van der Waals surface area contributed by atoms with Gasteiger partial charge in [0, 0.05) is 49.8 Å². The first-order chi connectivity index (χ1) is 15.1. The molecule has 1 fully saturated rings. The first kappa shape index (κ1) is 26.2. The lowest BCUT2D eigenvalue weighted by Gasteiger charge is -2.36. The number of hydrogen-bond acceptors (Lipinski definition) is 4. The van der Waals surface area contributed by atoms with Crippen LogP contribution in [0.3, 0.4) is 0 Å². The summed E-state index contributed by atoms with van der Waals surface area (Å²) in [5, 5.41) is 7.63. The zero-order valence-corrected chi connectivity index (χ0v) is 19.9. The third kappa shape index (κ3) is 6.70. The fourth-order valence-electron chi connectivity index (χ4n) is 3.90. The molecule has 0 bridgehead atoms. The number of amides is 1. The molecule has 174 valence electrons. The lowest BCUT2D eigenvalue weighted by atomic mass is 10.0. The number of nitrogen functional groups attached to an aromatic ring is 1. The quantitative estimate of drug-likeness (QED) is 0.408. The number of nitrogens with one attached hydrogen (secondary N) is 1. The monoisotopic (exact) mass is 485 g/mol. The van der Waals surface area contributed by atoms with E-state index in [0.29, 0.717) is 18.7 Å². The Balaban J connectivity index is 0.00000193. The number of anilines is 1. The molecule has 2 aromatic carbocycles. The molecule has 1 saturated heterocycles. The lowest BCUT2D eigenvalue weighted by molar-refractivity contribution is 0.0746. The summed E-state index contributed by atoms with van der Waals surface area (Å²) < 4.78 is 0. The van der Waals surface area contributed by atoms with Crippen LogP contribution < -0.4 is 10.6 Å². The van der Waals surface area contributed by atoms with Crippen LogP contribution in [0.2, 0.25) is 0 Å². The summed E-state index contributed by atoms with van der Waals surface area (Å²) in [5.74, 6) is 0.0986. The van der Waals surface area contributed by atoms with E-state index in [2.05, 4.69) is 22.0 Å². The average molecular weight is 486 g/mol. The summed E-state index contributed by atoms with van der Waals surface area (Å²) in [5.41, 5.74) is 10.4. The topological polar surface area (TPSA) is 86.3 Å². The SMILES string of the molecule is Cl.Cl.N=C(N)c1cccc(N2CCN(C(=O)c3cncc(CCc4ccccc4)c3)CC2)c1. The van der Waals surface area contributed by atoms with E-state index in [1.807, 2.05) is 59.6 Å². The average Bonchev–Trinajstić information content (AvgIpc) is 2.83. The number of piperazine rings is 1. The number of nitrogens with two attached hydrogens (primary N) is 1. The second-order valence-corrected chi connectivity index (χ2v) is 7.81. The molecule has 0 unspecified atom stereocenters. The number of carbonyl (C=O) groups excluding carboxylic acids is 1. The Kier molecular flexibility index (Phi) is 9.70. The Labute approximate surface area is 207 Å². The highest BCUT2D eigenvalue weighted by molar-refractivity contribution is 5.96. The van der Waals surface area contributed by atoms with E-state index in [-0.39, 0.29) is 36.6 Å². The number of pyridine rings is 1. The van der Waals surface area contributed by atoms with E-state index in [4.69, 9.17) is 11.1 Å². The number of hydrogen-bond donors (Lipinski definition) is 2. The number of nitrogens with zero attached hydrogens (tertiary/aromatic N) is 3. The lowest BCUT2D eigenvalue weighted by Crippen LogP contribution is -2.48. The van der Waals surface area contributed by atoms with Gasteiger partial charge in [0.2, 0.25) is 0 Å². The molecule has 1 aromatic heterocycles. The van der Waals surface area contributed by atoms with Crippen molar-refractivity contribution in [3.63, 3.8) is 0 Å². The number of benzene rings is 2. The number of aryl methyl sites for hydroxylation is 2. The van der Waals surface area contributed by atoms with Crippen LogP contribution in [0.4, 0.5) is 5.69 Å². The molecule has 0 radical (unpaired) electrons. The second-order valence-electron chi connectivity index (χ2n) is 7.81. The fraction of sp³-hybridized carbons (Fsp3) is 0.240. The van der Waals surface area contributed by atoms with Crippen LogP contribution in [0, 0.1) is 5.41 Å². The smallest absolute Gasteiger partial charge is 0.255 e. The van der Waals surface area contributed by atoms with E-state index in [0.717, 1.165) is 42.7 Å². The first-order valence-corrected chi connectivity index (χ1v) is 10.6. The van der Waals surface area contributed by atoms with Gasteiger partial charge in [0.15, 0.2) is 0 Å². The highest BCUT2D eigenvalue weighted by Gasteiger charge is 2.23. The molecule has 6 nitrogen and oxygen atoms in total. The molecule has 0 spiro atoms. The summed E-state index contributed by atoms with van der Waals surface area (Å²) >= 11 is 0. The number of amidine groups is 1. The molecule has 1 amide bonds. The molecule has 0 saturated carbocycles. The van der Waals surface area contributed by atoms with Crippen LogP contribution >= 0.6 is 24.8 Å². The third-order valence-electron chi connectivity index (χ3n) is 5.68. The van der Waals surface area contributed by atoms with Crippen LogP contribution in [-0.2, 0) is 12.8 Å². The Morgan fingerprint density at radius 3 is 2.24 bits per heavy atom. The zero-order chi connectivity index (χ0) is 21.6. The van der Waals surface area contributed by atoms with Gasteiger partial charge in [-0.1, -0.05) is 42.5 Å². The van der Waals surface area contributed by atoms with Crippen molar-refractivity contribution in [1.82, 2.24) is 9.88 Å². The molecule has 1 aliphatic heterocycles. The van der Waals surface area contributed by atoms with Crippen LogP contribution in [0.25, 0.3) is 0 Å². The number of halogens is 2. The van der Waals surface area contributed by atoms with E-state index in [9.17, 15) is 4.79 Å². The molecule has 3 aromatic rings. The number of aromatic nitrogens is 1. The van der Waals surface area contributed by atoms with Crippen molar-refractivity contribution in [2.24, 2.45) is 5.73 Å². The first-order valence-electron chi connectivity index (χ1n) is 10.6. The molecule has 4 rings (SSSR count). The van der Waals surface area contributed by atoms with Gasteiger partial charge >= 0.3 is 0 Å². The minimum atomic E-state index is 0. The number of rotatable bonds is 6. The Bertz CT molecular complexity index is 1070. The van der Waals surface area contributed by atoms with Crippen LogP contribution in [0.1, 0.15) is 27.0 Å². The summed E-state index contributed by atoms with van der Waals surface area (Å²) in [6.45, 7) is 2.79. The van der Waals surface area contributed by atoms with Gasteiger partial charge in [-0.05, 0) is 42.2 Å². The molecular weight excluding hydrogens is 457 g/mol. The fourth-order valence-corrected chi connectivity index (χ4v) is 3.90. The standard InChI is InChI=1S/C25H27N5O.2ClH/c26-24(27)21-7-4-8-23(16-21)29-11-13-30(14-12-29)25(31)22-15-20(17-28-18-22)10-9-19-5-2-1-3-6-19;;/h1-8,15-18H,9-14H2,(H3,26,27);2*1H. The summed E-state index contributed by atoms with van der Waals surface area (Å²) in [6, 6.07) is 20.0. The zero-order valence-electron chi connectivity index (χ0n) is 18.3. The molecule has 3 N–H and O–H groups in total. The van der Waals surface area contributed by atoms with Crippen molar-refractivity contribution in [1.29, 1.82) is 5.41 Å². The van der Waals surface area contributed by atoms with Gasteiger partial charge in [0.25, 0.3) is 5.91 Å². The van der Waals surface area contributed by atoms with Gasteiger partial charge in [-0.25, -0.2) is 0 Å². The van der Waals surface area contributed by atoms with E-state index < -0.39 is 0 Å². The van der Waals surface area contributed by atoms with E-state index >= 15 is 0 Å². The molecule has 8 heteroatoms. The van der Waals surface area contributed by atoms with Gasteiger partial charge in [0.05, 0.1) is 5.56 Å². The summed E-state index contributed by atoms with van der Waals surface area (Å²) in [6.07, 6.45) is 5.30. The maximum absolute atomic E-state index is 13.0. The largest absolute Gasteiger partial charge is 0.384 e. The van der Waals surface area contributed by atoms with Crippen molar-refractivity contribution in [2.75, 3.05) is 31.1 Å². The summed E-state index contributed by atoms with van der Waals surface area (Å²) in [4.78, 5) is 21.5. The predicted molar refractivity (Wildman–Crippen MR) is 138 cm³/mol. The minimum Gasteiger partial charge on any atom is -0.384 e. The highest BCUT2D eigenvalue weighted by Crippen LogP contribution is 2.19. The summed E-state index contributed by atoms with van der Waals surface area (Å²) in [7, 11) is 0. The normalized spacial score (nSPS) is 13.0. The van der Waals surface area contributed by atoms with Crippen LogP contribution in [0.15, 0.2) is 73.1 Å². The van der Waals surface area contributed by atoms with Gasteiger partial charge in [-0.3, -0.25) is 15.2 Å². The van der Waals surface area contributed by atoms with Crippen molar-refractivity contribution in [3.8, 4) is 0 Å². The van der Waals surface area contributed by atoms with Crippen molar-refractivity contribution >= 4 is 42.2 Å². The van der Waals surface area contributed by atoms with Gasteiger partial charge < -0.3 is 15.5 Å². The highest BCUT2D eigenvalue weighted by atomic mass is 35.5. The maximum atomic E-state index is 13.0. The molecule has 0 atom stereocenters. The maximum Gasteiger partial charge on any atom is 0.255 e. The van der Waals surface area contributed by atoms with Crippen molar-refractivity contribution < 1.29 is 4.79 Å². The molecular formula is C25H29Cl2N5O. The molecule has 1 aliphatic rings. The molecule has 0 aliphatic carbocycles. The van der Waals surface area contributed by atoms with E-state index in [1.165, 1.54) is 5.56 Å². The Morgan fingerprint density at radius 2 is 1.55 bits per heavy atom. The Morgan fingerprint density at radius 1 is 0.848 bits per heavy atom. The van der Waals surface area contributed by atoms with Gasteiger partial charge in [-0.2, -0.15) is 0 Å². The number of carbonyl (C=O) groups is 1. The van der Waals surface area contributed by atoms with Gasteiger partial charge in [-0.15, -0.1) is 24.8 Å². The van der Waals surface area contributed by atoms with Crippen LogP contribution in [0.5, 0.6) is 0 Å². The second kappa shape index (κ2) is 12.2. The Hall–Kier alpha value is -3.09. The molecule has 33 heavy (non-hydrogen) atoms. The van der Waals surface area contributed by atoms with Crippen molar-refractivity contribution in [3.05, 3.63) is 95.3 Å². The molecule has 2 heterocycles. The van der Waals surface area contributed by atoms with Crippen molar-refractivity contribution in [2.45, 2.75) is 12.8 Å². The van der Waals surface area contributed by atoms with E-state index in [1.54, 1.807) is 6.20 Å².